The van der Waals surface area contributed by atoms with Crippen LogP contribution in [0.2, 0.25) is 0 Å². The predicted molar refractivity (Wildman–Crippen MR) is 93.3 cm³/mol. The van der Waals surface area contributed by atoms with Crippen molar-refractivity contribution < 1.29 is 9.59 Å². The third kappa shape index (κ3) is 4.55. The van der Waals surface area contributed by atoms with Crippen LogP contribution in [0.5, 0.6) is 0 Å². The number of nitrogens with one attached hydrogen (secondary N) is 2. The minimum absolute atomic E-state index is 0.168. The minimum atomic E-state index is -0.322. The summed E-state index contributed by atoms with van der Waals surface area (Å²) in [6, 6.07) is 9.45. The van der Waals surface area contributed by atoms with Crippen molar-refractivity contribution in [2.45, 2.75) is 26.3 Å². The van der Waals surface area contributed by atoms with Gasteiger partial charge >= 0.3 is 0 Å². The molecule has 0 aliphatic rings. The van der Waals surface area contributed by atoms with Crippen molar-refractivity contribution in [2.24, 2.45) is 7.05 Å². The molecule has 2 aromatic rings. The van der Waals surface area contributed by atoms with Crippen molar-refractivity contribution in [3.63, 3.8) is 0 Å². The number of nitrogens with zero attached hydrogens (tertiary/aromatic N) is 1. The van der Waals surface area contributed by atoms with Crippen LogP contribution in [0.3, 0.4) is 0 Å². The zero-order valence-electron chi connectivity index (χ0n) is 14.2. The van der Waals surface area contributed by atoms with Crippen molar-refractivity contribution in [2.75, 3.05) is 5.32 Å². The zero-order chi connectivity index (χ0) is 17.9. The molecule has 0 aliphatic heterocycles. The maximum absolute atomic E-state index is 12.2. The second kappa shape index (κ2) is 6.70. The molecule has 0 unspecified atom stereocenters. The molecule has 6 heteroatoms. The van der Waals surface area contributed by atoms with E-state index >= 15 is 0 Å². The van der Waals surface area contributed by atoms with E-state index in [4.69, 9.17) is 0 Å². The fourth-order valence-electron chi connectivity index (χ4n) is 2.05. The summed E-state index contributed by atoms with van der Waals surface area (Å²) in [7, 11) is 1.59. The first kappa shape index (κ1) is 17.5. The molecule has 0 spiro atoms. The summed E-state index contributed by atoms with van der Waals surface area (Å²) >= 11 is 0. The van der Waals surface area contributed by atoms with Crippen molar-refractivity contribution in [1.29, 1.82) is 0 Å². The minimum Gasteiger partial charge on any atom is -0.347 e. The Hall–Kier alpha value is -2.89. The summed E-state index contributed by atoms with van der Waals surface area (Å²) in [5, 5.41) is 5.61. The molecular weight excluding hydrogens is 306 g/mol. The van der Waals surface area contributed by atoms with E-state index in [2.05, 4.69) is 10.6 Å². The average Bonchev–Trinajstić information content (AvgIpc) is 2.49. The molecule has 0 fully saturated rings. The average molecular weight is 327 g/mol. The smallest absolute Gasteiger partial charge is 0.257 e. The molecule has 1 aromatic carbocycles. The number of aryl methyl sites for hydroxylation is 1. The summed E-state index contributed by atoms with van der Waals surface area (Å²) < 4.78 is 1.34. The summed E-state index contributed by atoms with van der Waals surface area (Å²) in [6.45, 7) is 5.73. The summed E-state index contributed by atoms with van der Waals surface area (Å²) in [5.74, 6) is -0.490. The van der Waals surface area contributed by atoms with Crippen LogP contribution < -0.4 is 16.2 Å². The van der Waals surface area contributed by atoms with Crippen LogP contribution in [0.25, 0.3) is 0 Å². The first-order valence-electron chi connectivity index (χ1n) is 7.56. The van der Waals surface area contributed by atoms with E-state index < -0.39 is 0 Å². The molecule has 0 atom stereocenters. The Kier molecular flexibility index (Phi) is 4.87. The second-order valence-corrected chi connectivity index (χ2v) is 6.60. The third-order valence-electron chi connectivity index (χ3n) is 3.24. The highest BCUT2D eigenvalue weighted by molar-refractivity contribution is 6.04. The van der Waals surface area contributed by atoms with E-state index in [9.17, 15) is 14.4 Å². The number of hydrogen-bond donors (Lipinski definition) is 2. The van der Waals surface area contributed by atoms with Crippen LogP contribution in [0.1, 0.15) is 41.5 Å². The number of aromatic nitrogens is 1. The van der Waals surface area contributed by atoms with Gasteiger partial charge in [-0.25, -0.2) is 0 Å². The summed E-state index contributed by atoms with van der Waals surface area (Å²) in [4.78, 5) is 35.6. The number of rotatable bonds is 3. The first-order valence-corrected chi connectivity index (χ1v) is 7.56. The molecule has 6 nitrogen and oxygen atoms in total. The van der Waals surface area contributed by atoms with Gasteiger partial charge in [-0.3, -0.25) is 14.4 Å². The maximum atomic E-state index is 12.2. The fraction of sp³-hybridized carbons (Fsp3) is 0.278. The molecule has 0 saturated heterocycles. The SMILES string of the molecule is Cn1cc(C(=O)Nc2ccc(C(=O)NC(C)(C)C)cc2)ccc1=O. The highest BCUT2D eigenvalue weighted by atomic mass is 16.2. The Bertz CT molecular complexity index is 815. The van der Waals surface area contributed by atoms with Gasteiger partial charge in [0.05, 0.1) is 5.56 Å². The van der Waals surface area contributed by atoms with E-state index in [0.717, 1.165) is 0 Å². The van der Waals surface area contributed by atoms with Gasteiger partial charge in [-0.1, -0.05) is 0 Å². The van der Waals surface area contributed by atoms with Gasteiger partial charge in [-0.05, 0) is 51.1 Å². The third-order valence-corrected chi connectivity index (χ3v) is 3.24. The van der Waals surface area contributed by atoms with Gasteiger partial charge in [-0.2, -0.15) is 0 Å². The van der Waals surface area contributed by atoms with Crippen LogP contribution in [0.15, 0.2) is 47.4 Å². The summed E-state index contributed by atoms with van der Waals surface area (Å²) in [6.07, 6.45) is 1.48. The van der Waals surface area contributed by atoms with Gasteiger partial charge in [-0.15, -0.1) is 0 Å². The molecule has 0 saturated carbocycles. The van der Waals surface area contributed by atoms with Gasteiger partial charge in [0.15, 0.2) is 0 Å². The normalized spacial score (nSPS) is 11.0. The van der Waals surface area contributed by atoms with E-state index in [1.807, 2.05) is 20.8 Å². The van der Waals surface area contributed by atoms with Crippen LogP contribution in [0.4, 0.5) is 5.69 Å². The molecule has 0 bridgehead atoms. The molecule has 126 valence electrons. The lowest BCUT2D eigenvalue weighted by atomic mass is 10.1. The van der Waals surface area contributed by atoms with Crippen LogP contribution in [0, 0.1) is 0 Å². The molecule has 2 amide bonds. The number of benzene rings is 1. The van der Waals surface area contributed by atoms with E-state index in [1.165, 1.54) is 22.9 Å². The van der Waals surface area contributed by atoms with Gasteiger partial charge < -0.3 is 15.2 Å². The topological polar surface area (TPSA) is 80.2 Å². The van der Waals surface area contributed by atoms with Crippen LogP contribution >= 0.6 is 0 Å². The van der Waals surface area contributed by atoms with E-state index in [-0.39, 0.29) is 22.9 Å². The molecule has 2 N–H and O–H groups in total. The van der Waals surface area contributed by atoms with E-state index in [0.29, 0.717) is 16.8 Å². The number of anilines is 1. The van der Waals surface area contributed by atoms with Gasteiger partial charge in [0, 0.05) is 36.1 Å². The predicted octanol–water partition coefficient (Wildman–Crippen LogP) is 2.17. The summed E-state index contributed by atoms with van der Waals surface area (Å²) in [5.41, 5.74) is 0.978. The van der Waals surface area contributed by atoms with Gasteiger partial charge in [0.25, 0.3) is 11.8 Å². The zero-order valence-corrected chi connectivity index (χ0v) is 14.2. The maximum Gasteiger partial charge on any atom is 0.257 e. The molecule has 1 heterocycles. The molecular formula is C18H21N3O3. The Morgan fingerprint density at radius 3 is 2.04 bits per heavy atom. The second-order valence-electron chi connectivity index (χ2n) is 6.60. The van der Waals surface area contributed by atoms with Gasteiger partial charge in [0.1, 0.15) is 0 Å². The molecule has 0 radical (unpaired) electrons. The van der Waals surface area contributed by atoms with Crippen molar-refractivity contribution >= 4 is 17.5 Å². The number of pyridine rings is 1. The Morgan fingerprint density at radius 1 is 0.917 bits per heavy atom. The quantitative estimate of drug-likeness (QED) is 0.906. The lowest BCUT2D eigenvalue weighted by Crippen LogP contribution is -2.40. The van der Waals surface area contributed by atoms with Crippen molar-refractivity contribution in [1.82, 2.24) is 9.88 Å². The fourth-order valence-corrected chi connectivity index (χ4v) is 2.05. The number of carbonyl (C=O) groups excluding carboxylic acids is 2. The molecule has 1 aromatic heterocycles. The number of amides is 2. The number of carbonyl (C=O) groups is 2. The van der Waals surface area contributed by atoms with Crippen LogP contribution in [-0.4, -0.2) is 21.9 Å². The Labute approximate surface area is 140 Å². The van der Waals surface area contributed by atoms with Gasteiger partial charge in [0.2, 0.25) is 5.56 Å². The molecule has 24 heavy (non-hydrogen) atoms. The number of hydrogen-bond acceptors (Lipinski definition) is 3. The first-order chi connectivity index (χ1) is 11.2. The lowest BCUT2D eigenvalue weighted by Gasteiger charge is -2.20. The van der Waals surface area contributed by atoms with Crippen molar-refractivity contribution in [3.8, 4) is 0 Å². The molecule has 2 rings (SSSR count). The Morgan fingerprint density at radius 2 is 1.50 bits per heavy atom. The van der Waals surface area contributed by atoms with E-state index in [1.54, 1.807) is 31.3 Å². The highest BCUT2D eigenvalue weighted by Gasteiger charge is 2.15. The molecule has 0 aliphatic carbocycles. The standard InChI is InChI=1S/C18H21N3O3/c1-18(2,3)20-17(24)12-5-8-14(9-6-12)19-16(23)13-7-10-15(22)21(4)11-13/h5-11H,1-4H3,(H,19,23)(H,20,24). The largest absolute Gasteiger partial charge is 0.347 e. The van der Waals surface area contributed by atoms with Crippen LogP contribution in [-0.2, 0) is 7.05 Å². The highest BCUT2D eigenvalue weighted by Crippen LogP contribution is 2.12. The lowest BCUT2D eigenvalue weighted by molar-refractivity contribution is 0.0919. The monoisotopic (exact) mass is 327 g/mol. The Balaban J connectivity index is 2.08. The van der Waals surface area contributed by atoms with Crippen molar-refractivity contribution in [3.05, 3.63) is 64.1 Å².